The standard InChI is InChI=1S/C16H22O3/c1-12(6-11-15(17)19-16(2,3)4)13-7-9-14(18-5)10-8-13/h7-10H,1,6,11H2,2-5H3. The number of rotatable bonds is 5. The molecule has 0 aliphatic carbocycles. The molecule has 0 aliphatic rings. The second-order valence-corrected chi connectivity index (χ2v) is 5.42. The smallest absolute Gasteiger partial charge is 0.306 e. The summed E-state index contributed by atoms with van der Waals surface area (Å²) in [6, 6.07) is 7.65. The van der Waals surface area contributed by atoms with Crippen molar-refractivity contribution in [2.45, 2.75) is 39.2 Å². The molecule has 0 atom stereocenters. The Hall–Kier alpha value is -1.77. The Morgan fingerprint density at radius 1 is 1.16 bits per heavy atom. The summed E-state index contributed by atoms with van der Waals surface area (Å²) >= 11 is 0. The van der Waals surface area contributed by atoms with E-state index in [0.717, 1.165) is 16.9 Å². The second-order valence-electron chi connectivity index (χ2n) is 5.42. The number of methoxy groups -OCH3 is 1. The van der Waals surface area contributed by atoms with Gasteiger partial charge in [0.2, 0.25) is 0 Å². The van der Waals surface area contributed by atoms with E-state index < -0.39 is 5.60 Å². The molecule has 3 nitrogen and oxygen atoms in total. The largest absolute Gasteiger partial charge is 0.497 e. The van der Waals surface area contributed by atoms with Gasteiger partial charge < -0.3 is 9.47 Å². The van der Waals surface area contributed by atoms with E-state index in [9.17, 15) is 4.79 Å². The van der Waals surface area contributed by atoms with Gasteiger partial charge in [0.05, 0.1) is 7.11 Å². The summed E-state index contributed by atoms with van der Waals surface area (Å²) in [4.78, 5) is 11.6. The fraction of sp³-hybridized carbons (Fsp3) is 0.438. The predicted octanol–water partition coefficient (Wildman–Crippen LogP) is 3.83. The maximum Gasteiger partial charge on any atom is 0.306 e. The minimum Gasteiger partial charge on any atom is -0.497 e. The molecule has 0 unspecified atom stereocenters. The molecule has 0 aromatic heterocycles. The summed E-state index contributed by atoms with van der Waals surface area (Å²) in [5.74, 6) is 0.617. The molecule has 0 fully saturated rings. The zero-order valence-corrected chi connectivity index (χ0v) is 12.2. The predicted molar refractivity (Wildman–Crippen MR) is 77.1 cm³/mol. The lowest BCUT2D eigenvalue weighted by Gasteiger charge is -2.19. The van der Waals surface area contributed by atoms with Gasteiger partial charge in [-0.1, -0.05) is 18.7 Å². The van der Waals surface area contributed by atoms with Crippen molar-refractivity contribution in [1.29, 1.82) is 0 Å². The molecule has 0 amide bonds. The third-order valence-electron chi connectivity index (χ3n) is 2.55. The van der Waals surface area contributed by atoms with Crippen molar-refractivity contribution < 1.29 is 14.3 Å². The van der Waals surface area contributed by atoms with Crippen LogP contribution in [-0.2, 0) is 9.53 Å². The van der Waals surface area contributed by atoms with Crippen LogP contribution in [0.15, 0.2) is 30.8 Å². The summed E-state index contributed by atoms with van der Waals surface area (Å²) in [7, 11) is 1.63. The number of carbonyl (C=O) groups excluding carboxylic acids is 1. The van der Waals surface area contributed by atoms with Gasteiger partial charge in [-0.3, -0.25) is 4.79 Å². The maximum absolute atomic E-state index is 11.6. The molecule has 0 N–H and O–H groups in total. The number of benzene rings is 1. The van der Waals surface area contributed by atoms with E-state index in [1.54, 1.807) is 7.11 Å². The molecule has 1 rings (SSSR count). The van der Waals surface area contributed by atoms with Crippen LogP contribution in [0.1, 0.15) is 39.2 Å². The van der Waals surface area contributed by atoms with Gasteiger partial charge in [0, 0.05) is 6.42 Å². The molecule has 0 heterocycles. The number of hydrogen-bond acceptors (Lipinski definition) is 3. The Morgan fingerprint density at radius 2 is 1.74 bits per heavy atom. The fourth-order valence-electron chi connectivity index (χ4n) is 1.62. The van der Waals surface area contributed by atoms with Crippen LogP contribution in [0.2, 0.25) is 0 Å². The van der Waals surface area contributed by atoms with Crippen molar-refractivity contribution in [3.63, 3.8) is 0 Å². The number of esters is 1. The van der Waals surface area contributed by atoms with E-state index in [1.807, 2.05) is 45.0 Å². The highest BCUT2D eigenvalue weighted by Crippen LogP contribution is 2.21. The van der Waals surface area contributed by atoms with Gasteiger partial charge in [-0.2, -0.15) is 0 Å². The highest BCUT2D eigenvalue weighted by Gasteiger charge is 2.16. The van der Waals surface area contributed by atoms with Crippen LogP contribution in [0, 0.1) is 0 Å². The molecule has 104 valence electrons. The highest BCUT2D eigenvalue weighted by atomic mass is 16.6. The monoisotopic (exact) mass is 262 g/mol. The van der Waals surface area contributed by atoms with Crippen LogP contribution in [0.5, 0.6) is 5.75 Å². The molecule has 0 radical (unpaired) electrons. The van der Waals surface area contributed by atoms with Crippen LogP contribution in [0.3, 0.4) is 0 Å². The molecular formula is C16H22O3. The van der Waals surface area contributed by atoms with Gasteiger partial charge in [-0.15, -0.1) is 0 Å². The van der Waals surface area contributed by atoms with Crippen molar-refractivity contribution >= 4 is 11.5 Å². The molecule has 3 heteroatoms. The third-order valence-corrected chi connectivity index (χ3v) is 2.55. The molecule has 1 aromatic rings. The van der Waals surface area contributed by atoms with Crippen LogP contribution in [0.4, 0.5) is 0 Å². The van der Waals surface area contributed by atoms with Crippen molar-refractivity contribution in [1.82, 2.24) is 0 Å². The lowest BCUT2D eigenvalue weighted by atomic mass is 10.0. The van der Waals surface area contributed by atoms with E-state index in [4.69, 9.17) is 9.47 Å². The summed E-state index contributed by atoms with van der Waals surface area (Å²) in [6.07, 6.45) is 0.948. The lowest BCUT2D eigenvalue weighted by molar-refractivity contribution is -0.154. The van der Waals surface area contributed by atoms with Gasteiger partial charge in [0.1, 0.15) is 11.4 Å². The van der Waals surface area contributed by atoms with E-state index in [1.165, 1.54) is 0 Å². The molecule has 0 saturated heterocycles. The summed E-state index contributed by atoms with van der Waals surface area (Å²) in [6.45, 7) is 9.59. The first-order valence-corrected chi connectivity index (χ1v) is 6.36. The average Bonchev–Trinajstić information content (AvgIpc) is 2.34. The van der Waals surface area contributed by atoms with Crippen LogP contribution in [0.25, 0.3) is 5.57 Å². The first kappa shape index (κ1) is 15.3. The minimum absolute atomic E-state index is 0.192. The summed E-state index contributed by atoms with van der Waals surface area (Å²) < 4.78 is 10.4. The number of hydrogen-bond donors (Lipinski definition) is 0. The molecule has 0 bridgehead atoms. The van der Waals surface area contributed by atoms with Gasteiger partial charge in [-0.05, 0) is 50.5 Å². The van der Waals surface area contributed by atoms with Crippen LogP contribution < -0.4 is 4.74 Å². The summed E-state index contributed by atoms with van der Waals surface area (Å²) in [5, 5.41) is 0. The second kappa shape index (κ2) is 6.41. The fourth-order valence-corrected chi connectivity index (χ4v) is 1.62. The topological polar surface area (TPSA) is 35.5 Å². The van der Waals surface area contributed by atoms with Crippen LogP contribution >= 0.6 is 0 Å². The van der Waals surface area contributed by atoms with Crippen molar-refractivity contribution in [2.24, 2.45) is 0 Å². The quantitative estimate of drug-likeness (QED) is 0.756. The Kier molecular flexibility index (Phi) is 5.16. The van der Waals surface area contributed by atoms with Gasteiger partial charge in [-0.25, -0.2) is 0 Å². The number of allylic oxidation sites excluding steroid dienone is 1. The number of ether oxygens (including phenoxy) is 2. The van der Waals surface area contributed by atoms with E-state index >= 15 is 0 Å². The van der Waals surface area contributed by atoms with E-state index in [0.29, 0.717) is 12.8 Å². The molecule has 0 saturated carbocycles. The Bertz CT molecular complexity index is 438. The van der Waals surface area contributed by atoms with E-state index in [2.05, 4.69) is 6.58 Å². The number of carbonyl (C=O) groups is 1. The minimum atomic E-state index is -0.432. The third kappa shape index (κ3) is 5.60. The highest BCUT2D eigenvalue weighted by molar-refractivity contribution is 5.74. The normalized spacial score (nSPS) is 10.9. The SMILES string of the molecule is C=C(CCC(=O)OC(C)(C)C)c1ccc(OC)cc1. The molecule has 0 aliphatic heterocycles. The van der Waals surface area contributed by atoms with Gasteiger partial charge in [0.25, 0.3) is 0 Å². The van der Waals surface area contributed by atoms with Crippen LogP contribution in [-0.4, -0.2) is 18.7 Å². The van der Waals surface area contributed by atoms with E-state index in [-0.39, 0.29) is 5.97 Å². The molecular weight excluding hydrogens is 240 g/mol. The van der Waals surface area contributed by atoms with Gasteiger partial charge in [0.15, 0.2) is 0 Å². The van der Waals surface area contributed by atoms with Gasteiger partial charge >= 0.3 is 5.97 Å². The first-order valence-electron chi connectivity index (χ1n) is 6.36. The van der Waals surface area contributed by atoms with Crippen molar-refractivity contribution in [2.75, 3.05) is 7.11 Å². The molecule has 1 aromatic carbocycles. The average molecular weight is 262 g/mol. The first-order chi connectivity index (χ1) is 8.81. The maximum atomic E-state index is 11.6. The van der Waals surface area contributed by atoms with Crippen molar-refractivity contribution in [3.8, 4) is 5.75 Å². The zero-order valence-electron chi connectivity index (χ0n) is 12.2. The Labute approximate surface area is 115 Å². The summed E-state index contributed by atoms with van der Waals surface area (Å²) in [5.41, 5.74) is 1.51. The lowest BCUT2D eigenvalue weighted by Crippen LogP contribution is -2.23. The molecule has 0 spiro atoms. The Morgan fingerprint density at radius 3 is 2.21 bits per heavy atom. The molecule has 19 heavy (non-hydrogen) atoms. The van der Waals surface area contributed by atoms with Crippen molar-refractivity contribution in [3.05, 3.63) is 36.4 Å². The zero-order chi connectivity index (χ0) is 14.5. The Balaban J connectivity index is 2.49.